The molecule has 1 aromatic carbocycles. The van der Waals surface area contributed by atoms with Gasteiger partial charge >= 0.3 is 11.9 Å². The van der Waals surface area contributed by atoms with Crippen LogP contribution in [0.15, 0.2) is 18.2 Å². The average molecular weight is 277 g/mol. The van der Waals surface area contributed by atoms with Crippen molar-refractivity contribution < 1.29 is 19.1 Å². The monoisotopic (exact) mass is 276 g/mol. The number of ether oxygens (including phenoxy) is 2. The van der Waals surface area contributed by atoms with E-state index >= 15 is 0 Å². The van der Waals surface area contributed by atoms with Crippen molar-refractivity contribution in [2.24, 2.45) is 0 Å². The van der Waals surface area contributed by atoms with Gasteiger partial charge < -0.3 is 9.47 Å². The van der Waals surface area contributed by atoms with Crippen LogP contribution in [0.4, 0.5) is 0 Å². The van der Waals surface area contributed by atoms with Crippen molar-refractivity contribution in [3.63, 3.8) is 0 Å². The van der Waals surface area contributed by atoms with Gasteiger partial charge in [-0.05, 0) is 18.2 Å². The predicted molar refractivity (Wildman–Crippen MR) is 62.7 cm³/mol. The summed E-state index contributed by atoms with van der Waals surface area (Å²) in [6.07, 6.45) is -1.16. The van der Waals surface area contributed by atoms with E-state index in [4.69, 9.17) is 32.7 Å². The highest BCUT2D eigenvalue weighted by Crippen LogP contribution is 2.29. The summed E-state index contributed by atoms with van der Waals surface area (Å²) in [6.45, 7) is 2.42. The fourth-order valence-electron chi connectivity index (χ4n) is 1.15. The number of halogens is 2. The SMILES string of the molecule is CC(=O)OC(OC(C)=O)c1ccc(Cl)cc1Cl. The number of hydrogen-bond donors (Lipinski definition) is 0. The third kappa shape index (κ3) is 4.24. The van der Waals surface area contributed by atoms with Gasteiger partial charge in [0, 0.05) is 18.9 Å². The van der Waals surface area contributed by atoms with Crippen LogP contribution in [-0.2, 0) is 19.1 Å². The summed E-state index contributed by atoms with van der Waals surface area (Å²) in [4.78, 5) is 21.8. The second-order valence-corrected chi connectivity index (χ2v) is 4.06. The Morgan fingerprint density at radius 2 is 1.65 bits per heavy atom. The second kappa shape index (κ2) is 5.89. The van der Waals surface area contributed by atoms with Crippen LogP contribution in [0.25, 0.3) is 0 Å². The predicted octanol–water partition coefficient (Wildman–Crippen LogP) is 3.12. The van der Waals surface area contributed by atoms with Crippen molar-refractivity contribution in [2.45, 2.75) is 20.1 Å². The Kier molecular flexibility index (Phi) is 4.78. The Morgan fingerprint density at radius 3 is 2.06 bits per heavy atom. The molecule has 0 aliphatic rings. The lowest BCUT2D eigenvalue weighted by atomic mass is 10.2. The zero-order valence-corrected chi connectivity index (χ0v) is 10.7. The van der Waals surface area contributed by atoms with Crippen molar-refractivity contribution in [3.8, 4) is 0 Å². The number of carbonyl (C=O) groups excluding carboxylic acids is 2. The maximum atomic E-state index is 10.9. The molecule has 0 aromatic heterocycles. The third-order valence-corrected chi connectivity index (χ3v) is 2.32. The van der Waals surface area contributed by atoms with Gasteiger partial charge in [0.2, 0.25) is 0 Å². The average Bonchev–Trinajstić information content (AvgIpc) is 2.14. The molecule has 0 radical (unpaired) electrons. The van der Waals surface area contributed by atoms with Crippen molar-refractivity contribution in [1.82, 2.24) is 0 Å². The van der Waals surface area contributed by atoms with Crippen molar-refractivity contribution in [2.75, 3.05) is 0 Å². The molecule has 0 aliphatic heterocycles. The summed E-state index contributed by atoms with van der Waals surface area (Å²) in [5, 5.41) is 0.688. The largest absolute Gasteiger partial charge is 0.421 e. The van der Waals surface area contributed by atoms with Crippen LogP contribution < -0.4 is 0 Å². The molecule has 0 spiro atoms. The molecule has 17 heavy (non-hydrogen) atoms. The second-order valence-electron chi connectivity index (χ2n) is 3.22. The van der Waals surface area contributed by atoms with Gasteiger partial charge in [-0.3, -0.25) is 9.59 Å². The Balaban J connectivity index is 3.02. The summed E-state index contributed by atoms with van der Waals surface area (Å²) < 4.78 is 9.72. The lowest BCUT2D eigenvalue weighted by Crippen LogP contribution is -2.15. The van der Waals surface area contributed by atoms with Crippen molar-refractivity contribution in [1.29, 1.82) is 0 Å². The van der Waals surface area contributed by atoms with Crippen LogP contribution in [0.3, 0.4) is 0 Å². The molecule has 6 heteroatoms. The van der Waals surface area contributed by atoms with Gasteiger partial charge in [-0.2, -0.15) is 0 Å². The van der Waals surface area contributed by atoms with Gasteiger partial charge in [-0.25, -0.2) is 0 Å². The molecular formula is C11H10Cl2O4. The molecule has 1 rings (SSSR count). The number of benzene rings is 1. The maximum absolute atomic E-state index is 10.9. The molecule has 0 heterocycles. The van der Waals surface area contributed by atoms with Gasteiger partial charge in [0.1, 0.15) is 0 Å². The molecule has 0 fully saturated rings. The van der Waals surface area contributed by atoms with E-state index < -0.39 is 18.2 Å². The lowest BCUT2D eigenvalue weighted by molar-refractivity contribution is -0.186. The minimum atomic E-state index is -1.16. The standard InChI is InChI=1S/C11H10Cl2O4/c1-6(14)16-11(17-7(2)15)9-4-3-8(12)5-10(9)13/h3-5,11H,1-2H3. The molecule has 0 saturated carbocycles. The van der Waals surface area contributed by atoms with Gasteiger partial charge in [0.25, 0.3) is 6.29 Å². The van der Waals surface area contributed by atoms with Crippen LogP contribution in [0.2, 0.25) is 10.0 Å². The summed E-state index contributed by atoms with van der Waals surface area (Å²) in [6, 6.07) is 4.56. The Morgan fingerprint density at radius 1 is 1.12 bits per heavy atom. The van der Waals surface area contributed by atoms with E-state index in [0.29, 0.717) is 10.6 Å². The summed E-state index contributed by atoms with van der Waals surface area (Å²) in [7, 11) is 0. The molecule has 4 nitrogen and oxygen atoms in total. The van der Waals surface area contributed by atoms with Crippen LogP contribution >= 0.6 is 23.2 Å². The number of carbonyl (C=O) groups is 2. The molecule has 0 N–H and O–H groups in total. The fourth-order valence-corrected chi connectivity index (χ4v) is 1.64. The molecular weight excluding hydrogens is 267 g/mol. The highest BCUT2D eigenvalue weighted by Gasteiger charge is 2.20. The third-order valence-electron chi connectivity index (χ3n) is 1.76. The molecule has 0 saturated heterocycles. The first kappa shape index (κ1) is 13.8. The quantitative estimate of drug-likeness (QED) is 0.629. The molecule has 1 aromatic rings. The first-order valence-electron chi connectivity index (χ1n) is 4.69. The Hall–Kier alpha value is -1.26. The smallest absolute Gasteiger partial charge is 0.305 e. The first-order valence-corrected chi connectivity index (χ1v) is 5.45. The van der Waals surface area contributed by atoms with E-state index in [1.807, 2.05) is 0 Å². The van der Waals surface area contributed by atoms with Gasteiger partial charge in [0.15, 0.2) is 0 Å². The van der Waals surface area contributed by atoms with E-state index in [-0.39, 0.29) is 5.02 Å². The highest BCUT2D eigenvalue weighted by atomic mass is 35.5. The topological polar surface area (TPSA) is 52.6 Å². The minimum Gasteiger partial charge on any atom is -0.421 e. The van der Waals surface area contributed by atoms with E-state index in [1.165, 1.54) is 26.0 Å². The van der Waals surface area contributed by atoms with Crippen molar-refractivity contribution in [3.05, 3.63) is 33.8 Å². The maximum Gasteiger partial charge on any atom is 0.305 e. The molecule has 92 valence electrons. The van der Waals surface area contributed by atoms with Gasteiger partial charge in [0.05, 0.1) is 10.6 Å². The van der Waals surface area contributed by atoms with Crippen LogP contribution in [-0.4, -0.2) is 11.9 Å². The summed E-state index contributed by atoms with van der Waals surface area (Å²) in [5.74, 6) is -1.16. The van der Waals surface area contributed by atoms with E-state index in [1.54, 1.807) is 6.07 Å². The van der Waals surface area contributed by atoms with Crippen LogP contribution in [0.5, 0.6) is 0 Å². The fraction of sp³-hybridized carbons (Fsp3) is 0.273. The summed E-state index contributed by atoms with van der Waals surface area (Å²) >= 11 is 11.7. The van der Waals surface area contributed by atoms with Gasteiger partial charge in [-0.1, -0.05) is 23.2 Å². The van der Waals surface area contributed by atoms with Crippen molar-refractivity contribution >= 4 is 35.1 Å². The zero-order chi connectivity index (χ0) is 13.0. The molecule has 0 aliphatic carbocycles. The Bertz CT molecular complexity index is 429. The first-order chi connectivity index (χ1) is 7.90. The Labute approximate surface area is 108 Å². The lowest BCUT2D eigenvalue weighted by Gasteiger charge is -2.17. The number of rotatable bonds is 3. The van der Waals surface area contributed by atoms with E-state index in [9.17, 15) is 9.59 Å². The number of esters is 2. The molecule has 0 atom stereocenters. The zero-order valence-electron chi connectivity index (χ0n) is 9.20. The normalized spacial score (nSPS) is 10.2. The summed E-state index contributed by atoms with van der Waals surface area (Å²) in [5.41, 5.74) is 0.362. The molecule has 0 amide bonds. The number of hydrogen-bond acceptors (Lipinski definition) is 4. The highest BCUT2D eigenvalue weighted by molar-refractivity contribution is 6.35. The van der Waals surface area contributed by atoms with Crippen LogP contribution in [0.1, 0.15) is 25.7 Å². The molecule has 0 unspecified atom stereocenters. The van der Waals surface area contributed by atoms with Crippen LogP contribution in [0, 0.1) is 0 Å². The molecule has 0 bridgehead atoms. The van der Waals surface area contributed by atoms with E-state index in [2.05, 4.69) is 0 Å². The van der Waals surface area contributed by atoms with E-state index in [0.717, 1.165) is 0 Å². The van der Waals surface area contributed by atoms with Gasteiger partial charge in [-0.15, -0.1) is 0 Å². The minimum absolute atomic E-state index is 0.255.